The topological polar surface area (TPSA) is 128 Å². The maximum absolute atomic E-state index is 13.0. The molecule has 1 heterocycles. The van der Waals surface area contributed by atoms with E-state index in [0.29, 0.717) is 30.1 Å². The number of hydrogen-bond donors (Lipinski definition) is 1. The molecular formula is C23H24N2O8. The van der Waals surface area contributed by atoms with Gasteiger partial charge in [-0.3, -0.25) is 19.7 Å². The lowest BCUT2D eigenvalue weighted by atomic mass is 9.95. The number of aliphatic hydroxyl groups excluding tert-OH is 1. The van der Waals surface area contributed by atoms with Gasteiger partial charge in [0.15, 0.2) is 11.5 Å². The summed E-state index contributed by atoms with van der Waals surface area (Å²) < 4.78 is 15.5. The van der Waals surface area contributed by atoms with Crippen LogP contribution in [0.2, 0.25) is 0 Å². The number of ether oxygens (including phenoxy) is 3. The maximum atomic E-state index is 13.0. The fourth-order valence-corrected chi connectivity index (χ4v) is 3.75. The quantitative estimate of drug-likeness (QED) is 0.152. The molecule has 0 aromatic heterocycles. The fourth-order valence-electron chi connectivity index (χ4n) is 3.75. The van der Waals surface area contributed by atoms with Gasteiger partial charge in [-0.25, -0.2) is 0 Å². The van der Waals surface area contributed by atoms with Crippen molar-refractivity contribution in [2.75, 3.05) is 34.5 Å². The number of nitrogens with zero attached hydrogens (tertiary/aromatic N) is 2. The number of carbonyl (C=O) groups excluding carboxylic acids is 2. The van der Waals surface area contributed by atoms with Crippen molar-refractivity contribution in [2.24, 2.45) is 0 Å². The van der Waals surface area contributed by atoms with E-state index in [1.165, 1.54) is 56.6 Å². The molecule has 33 heavy (non-hydrogen) atoms. The van der Waals surface area contributed by atoms with E-state index in [-0.39, 0.29) is 29.1 Å². The molecule has 10 heteroatoms. The summed E-state index contributed by atoms with van der Waals surface area (Å²) in [5.74, 6) is -1.23. The van der Waals surface area contributed by atoms with Crippen molar-refractivity contribution in [1.82, 2.24) is 4.90 Å². The molecular weight excluding hydrogens is 432 g/mol. The Morgan fingerprint density at radius 2 is 1.73 bits per heavy atom. The molecule has 1 atom stereocenters. The Morgan fingerprint density at radius 3 is 2.30 bits per heavy atom. The van der Waals surface area contributed by atoms with Gasteiger partial charge >= 0.3 is 0 Å². The van der Waals surface area contributed by atoms with E-state index < -0.39 is 22.7 Å². The highest BCUT2D eigenvalue weighted by atomic mass is 16.6. The fraction of sp³-hybridized carbons (Fsp3) is 0.304. The minimum Gasteiger partial charge on any atom is -0.507 e. The van der Waals surface area contributed by atoms with Crippen molar-refractivity contribution in [3.63, 3.8) is 0 Å². The third-order valence-corrected chi connectivity index (χ3v) is 5.36. The minimum atomic E-state index is -0.921. The molecule has 1 unspecified atom stereocenters. The maximum Gasteiger partial charge on any atom is 0.295 e. The molecule has 2 aromatic rings. The molecule has 0 saturated carbocycles. The summed E-state index contributed by atoms with van der Waals surface area (Å²) in [6.07, 6.45) is 0.462. The Morgan fingerprint density at radius 1 is 1.06 bits per heavy atom. The molecule has 10 nitrogen and oxygen atoms in total. The number of non-ortho nitro benzene ring substituents is 1. The zero-order valence-corrected chi connectivity index (χ0v) is 18.4. The van der Waals surface area contributed by atoms with E-state index in [1.807, 2.05) is 0 Å². The summed E-state index contributed by atoms with van der Waals surface area (Å²) in [4.78, 5) is 37.7. The second kappa shape index (κ2) is 10.1. The molecule has 174 valence electrons. The molecule has 0 bridgehead atoms. The van der Waals surface area contributed by atoms with E-state index in [1.54, 1.807) is 12.1 Å². The normalized spacial score (nSPS) is 17.3. The lowest BCUT2D eigenvalue weighted by Gasteiger charge is -2.25. The number of nitro groups is 1. The summed E-state index contributed by atoms with van der Waals surface area (Å²) >= 11 is 0. The number of hydrogen-bond acceptors (Lipinski definition) is 8. The summed E-state index contributed by atoms with van der Waals surface area (Å²) in [5.41, 5.74) is 0.474. The molecule has 3 rings (SSSR count). The average Bonchev–Trinajstić information content (AvgIpc) is 3.08. The molecule has 2 aromatic carbocycles. The molecule has 0 spiro atoms. The second-order valence-electron chi connectivity index (χ2n) is 7.26. The average molecular weight is 456 g/mol. The van der Waals surface area contributed by atoms with Crippen LogP contribution in [0.4, 0.5) is 5.69 Å². The lowest BCUT2D eigenvalue weighted by Crippen LogP contribution is -2.31. The van der Waals surface area contributed by atoms with Gasteiger partial charge < -0.3 is 24.2 Å². The van der Waals surface area contributed by atoms with Gasteiger partial charge in [-0.05, 0) is 42.3 Å². The summed E-state index contributed by atoms with van der Waals surface area (Å²) in [7, 11) is 4.43. The van der Waals surface area contributed by atoms with E-state index in [0.717, 1.165) is 0 Å². The molecule has 1 saturated heterocycles. The predicted octanol–water partition coefficient (Wildman–Crippen LogP) is 3.07. The number of rotatable bonds is 9. The number of aliphatic hydroxyl groups is 1. The van der Waals surface area contributed by atoms with Crippen LogP contribution >= 0.6 is 0 Å². The molecule has 1 aliphatic heterocycles. The molecule has 1 N–H and O–H groups in total. The number of methoxy groups -OCH3 is 3. The monoisotopic (exact) mass is 456 g/mol. The van der Waals surface area contributed by atoms with Crippen molar-refractivity contribution >= 4 is 23.1 Å². The number of likely N-dealkylation sites (tertiary alicyclic amines) is 1. The van der Waals surface area contributed by atoms with Crippen LogP contribution in [0.15, 0.2) is 48.0 Å². The van der Waals surface area contributed by atoms with Crippen molar-refractivity contribution in [3.8, 4) is 11.5 Å². The third kappa shape index (κ3) is 4.65. The zero-order chi connectivity index (χ0) is 24.1. The van der Waals surface area contributed by atoms with E-state index in [9.17, 15) is 24.8 Å². The predicted molar refractivity (Wildman–Crippen MR) is 118 cm³/mol. The lowest BCUT2D eigenvalue weighted by molar-refractivity contribution is -0.384. The van der Waals surface area contributed by atoms with Crippen LogP contribution in [0, 0.1) is 10.1 Å². The number of carbonyl (C=O) groups is 2. The first-order chi connectivity index (χ1) is 15.8. The Bertz CT molecular complexity index is 1090. The van der Waals surface area contributed by atoms with Crippen LogP contribution in [0.5, 0.6) is 11.5 Å². The summed E-state index contributed by atoms with van der Waals surface area (Å²) in [6, 6.07) is 9.22. The van der Waals surface area contributed by atoms with Crippen LogP contribution in [-0.2, 0) is 14.3 Å². The van der Waals surface area contributed by atoms with E-state index >= 15 is 0 Å². The van der Waals surface area contributed by atoms with Gasteiger partial charge in [-0.1, -0.05) is 0 Å². The van der Waals surface area contributed by atoms with Crippen molar-refractivity contribution in [3.05, 3.63) is 69.3 Å². The van der Waals surface area contributed by atoms with Crippen LogP contribution in [0.25, 0.3) is 5.76 Å². The molecule has 1 fully saturated rings. The zero-order valence-electron chi connectivity index (χ0n) is 18.4. The molecule has 1 amide bonds. The number of Topliss-reactive ketones (excluding diaryl/α,β-unsaturated/α-hetero) is 1. The van der Waals surface area contributed by atoms with Crippen molar-refractivity contribution < 1.29 is 33.8 Å². The summed E-state index contributed by atoms with van der Waals surface area (Å²) in [5, 5.41) is 22.2. The third-order valence-electron chi connectivity index (χ3n) is 5.36. The summed E-state index contributed by atoms with van der Waals surface area (Å²) in [6.45, 7) is 0.564. The standard InChI is InChI=1S/C23H24N2O8/c1-31-12-4-11-24-20(14-5-8-16(9-6-14)25(29)30)19(22(27)23(24)28)21(26)15-7-10-17(32-2)18(13-15)33-3/h5-10,13,20,26H,4,11-12H2,1-3H3. The van der Waals surface area contributed by atoms with E-state index in [4.69, 9.17) is 14.2 Å². The van der Waals surface area contributed by atoms with E-state index in [2.05, 4.69) is 0 Å². The van der Waals surface area contributed by atoms with Gasteiger partial charge in [0.05, 0.1) is 30.8 Å². The van der Waals surface area contributed by atoms with Crippen LogP contribution < -0.4 is 9.47 Å². The van der Waals surface area contributed by atoms with Crippen LogP contribution in [0.1, 0.15) is 23.6 Å². The van der Waals surface area contributed by atoms with Gasteiger partial charge in [-0.2, -0.15) is 0 Å². The smallest absolute Gasteiger partial charge is 0.295 e. The van der Waals surface area contributed by atoms with Crippen LogP contribution in [0.3, 0.4) is 0 Å². The van der Waals surface area contributed by atoms with Crippen molar-refractivity contribution in [2.45, 2.75) is 12.5 Å². The number of amides is 1. The van der Waals surface area contributed by atoms with Crippen LogP contribution in [-0.4, -0.2) is 61.1 Å². The second-order valence-corrected chi connectivity index (χ2v) is 7.26. The highest BCUT2D eigenvalue weighted by molar-refractivity contribution is 6.46. The Balaban J connectivity index is 2.14. The first-order valence-corrected chi connectivity index (χ1v) is 10.1. The highest BCUT2D eigenvalue weighted by Crippen LogP contribution is 2.41. The van der Waals surface area contributed by atoms with Gasteiger partial charge in [0.2, 0.25) is 0 Å². The van der Waals surface area contributed by atoms with Crippen molar-refractivity contribution in [1.29, 1.82) is 0 Å². The first kappa shape index (κ1) is 23.7. The van der Waals surface area contributed by atoms with Gasteiger partial charge in [0, 0.05) is 38.0 Å². The van der Waals surface area contributed by atoms with Gasteiger partial charge in [0.25, 0.3) is 17.4 Å². The number of benzene rings is 2. The minimum absolute atomic E-state index is 0.113. The Kier molecular flexibility index (Phi) is 7.29. The molecule has 1 aliphatic rings. The SMILES string of the molecule is COCCCN1C(=O)C(=O)C(=C(O)c2ccc(OC)c(OC)c2)C1c1ccc([N+](=O)[O-])cc1. The molecule has 0 radical (unpaired) electrons. The molecule has 0 aliphatic carbocycles. The highest BCUT2D eigenvalue weighted by Gasteiger charge is 2.45. The Labute approximate surface area is 190 Å². The number of ketones is 1. The Hall–Kier alpha value is -3.92. The van der Waals surface area contributed by atoms with Gasteiger partial charge in [-0.15, -0.1) is 0 Å². The van der Waals surface area contributed by atoms with Gasteiger partial charge in [0.1, 0.15) is 5.76 Å². The largest absolute Gasteiger partial charge is 0.507 e. The number of nitro benzene ring substituents is 1. The first-order valence-electron chi connectivity index (χ1n) is 10.1.